The Hall–Kier alpha value is -1.32. The van der Waals surface area contributed by atoms with Gasteiger partial charge in [-0.1, -0.05) is 46.3 Å². The minimum atomic E-state index is 0.0386. The van der Waals surface area contributed by atoms with Crippen molar-refractivity contribution < 1.29 is 4.74 Å². The van der Waals surface area contributed by atoms with Gasteiger partial charge in [-0.2, -0.15) is 0 Å². The van der Waals surface area contributed by atoms with Gasteiger partial charge < -0.3 is 10.5 Å². The Morgan fingerprint density at radius 1 is 1.21 bits per heavy atom. The zero-order valence-corrected chi connectivity index (χ0v) is 12.4. The highest BCUT2D eigenvalue weighted by atomic mass is 79.9. The number of ether oxygens (including phenoxy) is 1. The predicted octanol–water partition coefficient (Wildman–Crippen LogP) is 4.28. The van der Waals surface area contributed by atoms with E-state index in [1.165, 1.54) is 11.1 Å². The van der Waals surface area contributed by atoms with E-state index in [0.29, 0.717) is 0 Å². The number of fused-ring (bicyclic) bond motifs is 1. The zero-order valence-electron chi connectivity index (χ0n) is 10.8. The fourth-order valence-electron chi connectivity index (χ4n) is 2.53. The predicted molar refractivity (Wildman–Crippen MR) is 80.2 cm³/mol. The van der Waals surface area contributed by atoms with Crippen molar-refractivity contribution in [3.05, 3.63) is 63.6 Å². The second-order valence-corrected chi connectivity index (χ2v) is 5.85. The van der Waals surface area contributed by atoms with Crippen LogP contribution in [-0.2, 0) is 0 Å². The van der Waals surface area contributed by atoms with Crippen molar-refractivity contribution >= 4 is 15.9 Å². The number of benzene rings is 2. The van der Waals surface area contributed by atoms with Gasteiger partial charge >= 0.3 is 0 Å². The normalized spacial score (nSPS) is 21.6. The molecular formula is C16H16BrNO. The lowest BCUT2D eigenvalue weighted by Gasteiger charge is -2.30. The molecule has 2 N–H and O–H groups in total. The van der Waals surface area contributed by atoms with Crippen LogP contribution in [0.25, 0.3) is 0 Å². The van der Waals surface area contributed by atoms with E-state index in [4.69, 9.17) is 10.5 Å². The zero-order chi connectivity index (χ0) is 13.4. The number of nitrogens with two attached hydrogens (primary N) is 1. The number of para-hydroxylation sites is 1. The Labute approximate surface area is 121 Å². The lowest BCUT2D eigenvalue weighted by atomic mass is 9.93. The summed E-state index contributed by atoms with van der Waals surface area (Å²) in [6, 6.07) is 14.4. The minimum Gasteiger partial charge on any atom is -0.485 e. The molecule has 2 atom stereocenters. The molecule has 0 radical (unpaired) electrons. The average Bonchev–Trinajstić information content (AvgIpc) is 2.42. The molecule has 0 amide bonds. The first-order chi connectivity index (χ1) is 9.15. The summed E-state index contributed by atoms with van der Waals surface area (Å²) in [5.41, 5.74) is 9.76. The number of aryl methyl sites for hydroxylation is 1. The summed E-state index contributed by atoms with van der Waals surface area (Å²) >= 11 is 3.53. The Morgan fingerprint density at radius 2 is 2.00 bits per heavy atom. The highest BCUT2D eigenvalue weighted by Gasteiger charge is 2.26. The smallest absolute Gasteiger partial charge is 0.126 e. The van der Waals surface area contributed by atoms with Gasteiger partial charge in [0.2, 0.25) is 0 Å². The Kier molecular flexibility index (Phi) is 3.33. The first-order valence-electron chi connectivity index (χ1n) is 6.42. The van der Waals surface area contributed by atoms with Crippen LogP contribution in [-0.4, -0.2) is 0 Å². The molecule has 0 fully saturated rings. The molecule has 0 bridgehead atoms. The van der Waals surface area contributed by atoms with Crippen molar-refractivity contribution in [1.82, 2.24) is 0 Å². The van der Waals surface area contributed by atoms with Crippen LogP contribution in [0.3, 0.4) is 0 Å². The highest BCUT2D eigenvalue weighted by Crippen LogP contribution is 2.39. The molecule has 1 unspecified atom stereocenters. The summed E-state index contributed by atoms with van der Waals surface area (Å²) in [5, 5.41) is 0. The van der Waals surface area contributed by atoms with Crippen LogP contribution in [0.2, 0.25) is 0 Å². The fourth-order valence-corrected chi connectivity index (χ4v) is 2.77. The SMILES string of the molecule is Cc1cc(C2C[C@H](N)c3ccccc3O2)ccc1Br. The first-order valence-corrected chi connectivity index (χ1v) is 7.21. The molecule has 3 heteroatoms. The van der Waals surface area contributed by atoms with Crippen LogP contribution >= 0.6 is 15.9 Å². The fraction of sp³-hybridized carbons (Fsp3) is 0.250. The van der Waals surface area contributed by atoms with Gasteiger partial charge in [-0.25, -0.2) is 0 Å². The molecule has 3 rings (SSSR count). The maximum absolute atomic E-state index is 6.25. The molecule has 2 aromatic rings. The van der Waals surface area contributed by atoms with E-state index >= 15 is 0 Å². The van der Waals surface area contributed by atoms with Crippen LogP contribution in [0.1, 0.15) is 35.3 Å². The van der Waals surface area contributed by atoms with E-state index < -0.39 is 0 Å². The van der Waals surface area contributed by atoms with E-state index in [0.717, 1.165) is 22.2 Å². The third-order valence-corrected chi connectivity index (χ3v) is 4.50. The van der Waals surface area contributed by atoms with E-state index in [9.17, 15) is 0 Å². The number of halogens is 1. The minimum absolute atomic E-state index is 0.0386. The van der Waals surface area contributed by atoms with Gasteiger partial charge in [0.15, 0.2) is 0 Å². The van der Waals surface area contributed by atoms with Gasteiger partial charge in [0.05, 0.1) is 0 Å². The van der Waals surface area contributed by atoms with E-state index in [2.05, 4.69) is 41.1 Å². The Balaban J connectivity index is 1.94. The molecular weight excluding hydrogens is 302 g/mol. The Bertz CT molecular complexity index is 611. The van der Waals surface area contributed by atoms with Crippen molar-refractivity contribution in [2.45, 2.75) is 25.5 Å². The second kappa shape index (κ2) is 4.99. The largest absolute Gasteiger partial charge is 0.485 e. The molecule has 0 saturated carbocycles. The number of hydrogen-bond acceptors (Lipinski definition) is 2. The summed E-state index contributed by atoms with van der Waals surface area (Å²) in [6.07, 6.45) is 0.856. The second-order valence-electron chi connectivity index (χ2n) is 5.00. The Morgan fingerprint density at radius 3 is 2.79 bits per heavy atom. The summed E-state index contributed by atoms with van der Waals surface area (Å²) in [4.78, 5) is 0. The molecule has 0 spiro atoms. The van der Waals surface area contributed by atoms with E-state index in [1.54, 1.807) is 0 Å². The van der Waals surface area contributed by atoms with Crippen LogP contribution in [0, 0.1) is 6.92 Å². The molecule has 0 aromatic heterocycles. The van der Waals surface area contributed by atoms with Crippen molar-refractivity contribution in [2.75, 3.05) is 0 Å². The molecule has 98 valence electrons. The first kappa shape index (κ1) is 12.7. The van der Waals surface area contributed by atoms with Gasteiger partial charge in [-0.05, 0) is 30.2 Å². The number of hydrogen-bond donors (Lipinski definition) is 1. The van der Waals surface area contributed by atoms with Crippen LogP contribution in [0.15, 0.2) is 46.9 Å². The maximum atomic E-state index is 6.25. The molecule has 1 heterocycles. The monoisotopic (exact) mass is 317 g/mol. The van der Waals surface area contributed by atoms with Crippen LogP contribution < -0.4 is 10.5 Å². The highest BCUT2D eigenvalue weighted by molar-refractivity contribution is 9.10. The van der Waals surface area contributed by atoms with Gasteiger partial charge in [0.1, 0.15) is 11.9 Å². The topological polar surface area (TPSA) is 35.2 Å². The molecule has 2 aromatic carbocycles. The summed E-state index contributed by atoms with van der Waals surface area (Å²) < 4.78 is 7.21. The molecule has 19 heavy (non-hydrogen) atoms. The van der Waals surface area contributed by atoms with Gasteiger partial charge in [0.25, 0.3) is 0 Å². The van der Waals surface area contributed by atoms with Crippen molar-refractivity contribution in [1.29, 1.82) is 0 Å². The van der Waals surface area contributed by atoms with Crippen LogP contribution in [0.5, 0.6) is 5.75 Å². The van der Waals surface area contributed by atoms with E-state index in [-0.39, 0.29) is 12.1 Å². The summed E-state index contributed by atoms with van der Waals surface area (Å²) in [5.74, 6) is 0.909. The quantitative estimate of drug-likeness (QED) is 0.852. The summed E-state index contributed by atoms with van der Waals surface area (Å²) in [6.45, 7) is 2.09. The molecule has 2 nitrogen and oxygen atoms in total. The average molecular weight is 318 g/mol. The van der Waals surface area contributed by atoms with Gasteiger partial charge in [-0.15, -0.1) is 0 Å². The molecule has 1 aliphatic heterocycles. The lowest BCUT2D eigenvalue weighted by Crippen LogP contribution is -2.24. The maximum Gasteiger partial charge on any atom is 0.126 e. The van der Waals surface area contributed by atoms with E-state index in [1.807, 2.05) is 24.3 Å². The molecule has 0 saturated heterocycles. The third-order valence-electron chi connectivity index (χ3n) is 3.61. The standard InChI is InChI=1S/C16H16BrNO/c1-10-8-11(6-7-13(10)17)16-9-14(18)12-4-2-3-5-15(12)19-16/h2-8,14,16H,9,18H2,1H3/t14-,16?/m0/s1. The molecule has 1 aliphatic rings. The van der Waals surface area contributed by atoms with Gasteiger partial charge in [-0.3, -0.25) is 0 Å². The van der Waals surface area contributed by atoms with Gasteiger partial charge in [0, 0.05) is 22.5 Å². The molecule has 0 aliphatic carbocycles. The van der Waals surface area contributed by atoms with Crippen molar-refractivity contribution in [3.8, 4) is 5.75 Å². The summed E-state index contributed by atoms with van der Waals surface area (Å²) in [7, 11) is 0. The van der Waals surface area contributed by atoms with Crippen LogP contribution in [0.4, 0.5) is 0 Å². The lowest BCUT2D eigenvalue weighted by molar-refractivity contribution is 0.161. The number of rotatable bonds is 1. The third kappa shape index (κ3) is 2.40. The van der Waals surface area contributed by atoms with Crippen molar-refractivity contribution in [2.24, 2.45) is 5.73 Å². The van der Waals surface area contributed by atoms with Crippen molar-refractivity contribution in [3.63, 3.8) is 0 Å².